The van der Waals surface area contributed by atoms with Crippen molar-refractivity contribution in [2.24, 2.45) is 0 Å². The van der Waals surface area contributed by atoms with Gasteiger partial charge in [-0.2, -0.15) is 4.98 Å². The second-order valence-electron chi connectivity index (χ2n) is 7.87. The summed E-state index contributed by atoms with van der Waals surface area (Å²) in [5.41, 5.74) is 1.84. The molecule has 0 saturated carbocycles. The second-order valence-corrected chi connectivity index (χ2v) is 7.87. The lowest BCUT2D eigenvalue weighted by Gasteiger charge is -2.07. The van der Waals surface area contributed by atoms with Crippen molar-refractivity contribution < 1.29 is 14.0 Å². The number of aromatic amines is 1. The molecule has 2 heterocycles. The average Bonchev–Trinajstić information content (AvgIpc) is 3.38. The molecule has 1 N–H and O–H groups in total. The Morgan fingerprint density at radius 2 is 1.80 bits per heavy atom. The smallest absolute Gasteiger partial charge is 0.328 e. The van der Waals surface area contributed by atoms with Crippen LogP contribution in [0.2, 0.25) is 0 Å². The molecule has 0 aliphatic heterocycles. The van der Waals surface area contributed by atoms with Gasteiger partial charge in [0.1, 0.15) is 11.5 Å². The van der Waals surface area contributed by atoms with Gasteiger partial charge in [0.15, 0.2) is 0 Å². The molecule has 5 rings (SSSR count). The third-order valence-corrected chi connectivity index (χ3v) is 5.77. The van der Waals surface area contributed by atoms with E-state index in [1.165, 1.54) is 4.57 Å². The molecule has 0 radical (unpaired) electrons. The molecule has 0 aliphatic rings. The SMILES string of the molecule is COc1ccc(-c2noc(-c3ccc4c(=O)n(CCc5ccccc5)c(=O)[nH]c4c3)n2)c(OC)c1. The minimum atomic E-state index is -0.468. The quantitative estimate of drug-likeness (QED) is 0.386. The first kappa shape index (κ1) is 22.1. The molecule has 9 nitrogen and oxygen atoms in total. The van der Waals surface area contributed by atoms with Crippen LogP contribution in [0, 0.1) is 0 Å². The lowest BCUT2D eigenvalue weighted by Crippen LogP contribution is -2.35. The maximum atomic E-state index is 13.0. The van der Waals surface area contributed by atoms with Gasteiger partial charge in [-0.15, -0.1) is 0 Å². The molecule has 0 unspecified atom stereocenters. The molecule has 3 aromatic carbocycles. The molecule has 0 spiro atoms. The van der Waals surface area contributed by atoms with Crippen LogP contribution in [0.15, 0.2) is 80.8 Å². The van der Waals surface area contributed by atoms with E-state index < -0.39 is 5.69 Å². The topological polar surface area (TPSA) is 112 Å². The Morgan fingerprint density at radius 3 is 2.57 bits per heavy atom. The highest BCUT2D eigenvalue weighted by Gasteiger charge is 2.17. The summed E-state index contributed by atoms with van der Waals surface area (Å²) >= 11 is 0. The molecule has 35 heavy (non-hydrogen) atoms. The molecule has 0 aliphatic carbocycles. The van der Waals surface area contributed by atoms with Crippen LogP contribution in [-0.4, -0.2) is 33.9 Å². The highest BCUT2D eigenvalue weighted by Crippen LogP contribution is 2.33. The third kappa shape index (κ3) is 4.31. The Morgan fingerprint density at radius 1 is 0.971 bits per heavy atom. The van der Waals surface area contributed by atoms with Crippen molar-refractivity contribution in [1.82, 2.24) is 19.7 Å². The van der Waals surface area contributed by atoms with Crippen LogP contribution in [0.1, 0.15) is 5.56 Å². The summed E-state index contributed by atoms with van der Waals surface area (Å²) in [7, 11) is 3.12. The van der Waals surface area contributed by atoms with Crippen molar-refractivity contribution in [2.45, 2.75) is 13.0 Å². The molecule has 0 saturated heterocycles. The van der Waals surface area contributed by atoms with E-state index in [9.17, 15) is 9.59 Å². The number of methoxy groups -OCH3 is 2. The highest BCUT2D eigenvalue weighted by molar-refractivity contribution is 5.82. The molecular weight excluding hydrogens is 448 g/mol. The number of fused-ring (bicyclic) bond motifs is 1. The van der Waals surface area contributed by atoms with Crippen LogP contribution in [0.5, 0.6) is 11.5 Å². The van der Waals surface area contributed by atoms with Crippen molar-refractivity contribution >= 4 is 10.9 Å². The van der Waals surface area contributed by atoms with E-state index in [2.05, 4.69) is 15.1 Å². The summed E-state index contributed by atoms with van der Waals surface area (Å²) in [5.74, 6) is 1.76. The van der Waals surface area contributed by atoms with Crippen LogP contribution in [0.4, 0.5) is 0 Å². The van der Waals surface area contributed by atoms with Gasteiger partial charge in [-0.05, 0) is 42.3 Å². The summed E-state index contributed by atoms with van der Waals surface area (Å²) in [6.45, 7) is 0.284. The van der Waals surface area contributed by atoms with Crippen molar-refractivity contribution in [3.8, 4) is 34.3 Å². The van der Waals surface area contributed by atoms with Gasteiger partial charge in [0.25, 0.3) is 11.4 Å². The molecule has 0 amide bonds. The second kappa shape index (κ2) is 9.30. The number of ether oxygens (including phenoxy) is 2. The van der Waals surface area contributed by atoms with Gasteiger partial charge < -0.3 is 19.0 Å². The molecule has 0 atom stereocenters. The molecular formula is C26H22N4O5. The number of H-pyrrole nitrogens is 1. The maximum Gasteiger partial charge on any atom is 0.328 e. The van der Waals surface area contributed by atoms with E-state index in [0.717, 1.165) is 5.56 Å². The van der Waals surface area contributed by atoms with Crippen LogP contribution < -0.4 is 20.7 Å². The zero-order valence-corrected chi connectivity index (χ0v) is 19.1. The van der Waals surface area contributed by atoms with Crippen molar-refractivity contribution in [3.63, 3.8) is 0 Å². The summed E-state index contributed by atoms with van der Waals surface area (Å²) in [4.78, 5) is 32.9. The Bertz CT molecular complexity index is 1620. The lowest BCUT2D eigenvalue weighted by molar-refractivity contribution is 0.394. The number of hydrogen-bond acceptors (Lipinski definition) is 7. The van der Waals surface area contributed by atoms with Crippen molar-refractivity contribution in [3.05, 3.63) is 93.1 Å². The first-order valence-corrected chi connectivity index (χ1v) is 10.9. The standard InChI is InChI=1S/C26H22N4O5/c1-33-18-9-11-20(22(15-18)34-2)23-28-24(35-29-23)17-8-10-19-21(14-17)27-26(32)30(25(19)31)13-12-16-6-4-3-5-7-16/h3-11,14-15H,12-13H2,1-2H3,(H,27,32). The van der Waals surface area contributed by atoms with Crippen LogP contribution in [-0.2, 0) is 13.0 Å². The van der Waals surface area contributed by atoms with Crippen LogP contribution in [0.25, 0.3) is 33.7 Å². The molecule has 0 bridgehead atoms. The first-order chi connectivity index (χ1) is 17.1. The molecule has 2 aromatic heterocycles. The number of nitrogens with zero attached hydrogens (tertiary/aromatic N) is 3. The fourth-order valence-electron chi connectivity index (χ4n) is 3.91. The minimum Gasteiger partial charge on any atom is -0.497 e. The lowest BCUT2D eigenvalue weighted by atomic mass is 10.1. The van der Waals surface area contributed by atoms with Crippen LogP contribution in [0.3, 0.4) is 0 Å². The van der Waals surface area contributed by atoms with E-state index in [1.54, 1.807) is 50.6 Å². The van der Waals surface area contributed by atoms with E-state index >= 15 is 0 Å². The van der Waals surface area contributed by atoms with Gasteiger partial charge in [-0.3, -0.25) is 9.36 Å². The van der Waals surface area contributed by atoms with Gasteiger partial charge in [0, 0.05) is 18.2 Å². The predicted octanol–water partition coefficient (Wildman–Crippen LogP) is 3.67. The molecule has 176 valence electrons. The molecule has 5 aromatic rings. The van der Waals surface area contributed by atoms with Gasteiger partial charge >= 0.3 is 5.69 Å². The van der Waals surface area contributed by atoms with E-state index in [1.807, 2.05) is 30.3 Å². The summed E-state index contributed by atoms with van der Waals surface area (Å²) in [5, 5.41) is 4.47. The van der Waals surface area contributed by atoms with Gasteiger partial charge in [-0.25, -0.2) is 4.79 Å². The zero-order chi connectivity index (χ0) is 24.4. The number of rotatable bonds is 7. The summed E-state index contributed by atoms with van der Waals surface area (Å²) in [6.07, 6.45) is 0.576. The zero-order valence-electron chi connectivity index (χ0n) is 19.1. The predicted molar refractivity (Wildman–Crippen MR) is 131 cm³/mol. The third-order valence-electron chi connectivity index (χ3n) is 5.77. The van der Waals surface area contributed by atoms with E-state index in [-0.39, 0.29) is 18.0 Å². The maximum absolute atomic E-state index is 13.0. The Balaban J connectivity index is 1.46. The Kier molecular flexibility index (Phi) is 5.88. The van der Waals surface area contributed by atoms with Gasteiger partial charge in [-0.1, -0.05) is 35.5 Å². The summed E-state index contributed by atoms with van der Waals surface area (Å²) in [6, 6.07) is 20.0. The number of aryl methyl sites for hydroxylation is 1. The number of aromatic nitrogens is 4. The fraction of sp³-hybridized carbons (Fsp3) is 0.154. The molecule has 0 fully saturated rings. The fourth-order valence-corrected chi connectivity index (χ4v) is 3.91. The Labute approximate surface area is 199 Å². The largest absolute Gasteiger partial charge is 0.497 e. The molecule has 9 heteroatoms. The van der Waals surface area contributed by atoms with Crippen molar-refractivity contribution in [1.29, 1.82) is 0 Å². The van der Waals surface area contributed by atoms with Gasteiger partial charge in [0.05, 0.1) is 30.7 Å². The minimum absolute atomic E-state index is 0.244. The van der Waals surface area contributed by atoms with Crippen molar-refractivity contribution in [2.75, 3.05) is 14.2 Å². The number of benzene rings is 3. The monoisotopic (exact) mass is 470 g/mol. The van der Waals surface area contributed by atoms with E-state index in [4.69, 9.17) is 14.0 Å². The highest BCUT2D eigenvalue weighted by atomic mass is 16.5. The average molecular weight is 470 g/mol. The van der Waals surface area contributed by atoms with Crippen LogP contribution >= 0.6 is 0 Å². The summed E-state index contributed by atoms with van der Waals surface area (Å²) < 4.78 is 17.3. The van der Waals surface area contributed by atoms with Gasteiger partial charge in [0.2, 0.25) is 5.82 Å². The number of hydrogen-bond donors (Lipinski definition) is 1. The first-order valence-electron chi connectivity index (χ1n) is 10.9. The van der Waals surface area contributed by atoms with E-state index in [0.29, 0.717) is 45.8 Å². The number of nitrogens with one attached hydrogen (secondary N) is 1. The Hall–Kier alpha value is -4.66. The normalized spacial score (nSPS) is 11.0.